The van der Waals surface area contributed by atoms with Crippen LogP contribution in [0, 0.1) is 0 Å². The molecule has 0 atom stereocenters. The van der Waals surface area contributed by atoms with E-state index in [0.717, 1.165) is 24.1 Å². The fourth-order valence-corrected chi connectivity index (χ4v) is 3.26. The average Bonchev–Trinajstić information content (AvgIpc) is 3.24. The molecule has 6 heteroatoms. The smallest absolute Gasteiger partial charge is 0.263 e. The second-order valence-electron chi connectivity index (χ2n) is 6.18. The number of aromatic nitrogens is 3. The van der Waals surface area contributed by atoms with Crippen LogP contribution < -0.4 is 10.9 Å². The zero-order valence-corrected chi connectivity index (χ0v) is 13.2. The molecule has 2 N–H and O–H groups in total. The molecule has 0 radical (unpaired) electrons. The molecule has 4 rings (SSSR count). The first-order valence-electron chi connectivity index (χ1n) is 8.19. The minimum atomic E-state index is -0.197. The maximum Gasteiger partial charge on any atom is 0.263 e. The van der Waals surface area contributed by atoms with Gasteiger partial charge in [0.15, 0.2) is 5.65 Å². The lowest BCUT2D eigenvalue weighted by atomic mass is 10.1. The Kier molecular flexibility index (Phi) is 3.65. The minimum Gasteiger partial charge on any atom is -0.349 e. The van der Waals surface area contributed by atoms with Gasteiger partial charge in [0.2, 0.25) is 0 Å². The van der Waals surface area contributed by atoms with Crippen molar-refractivity contribution >= 4 is 11.6 Å². The molecule has 0 aliphatic heterocycles. The SMILES string of the molecule is O=C(NC1CCCC1)c1cccc(-c2cnc3ccc(=O)[nH]n23)c1. The van der Waals surface area contributed by atoms with Gasteiger partial charge in [-0.3, -0.25) is 14.7 Å². The van der Waals surface area contributed by atoms with Gasteiger partial charge in [0.05, 0.1) is 11.9 Å². The van der Waals surface area contributed by atoms with E-state index >= 15 is 0 Å². The molecule has 0 saturated heterocycles. The molecule has 1 aliphatic rings. The summed E-state index contributed by atoms with van der Waals surface area (Å²) >= 11 is 0. The van der Waals surface area contributed by atoms with E-state index in [0.29, 0.717) is 11.2 Å². The molecule has 2 aromatic heterocycles. The van der Waals surface area contributed by atoms with Crippen LogP contribution in [0.4, 0.5) is 0 Å². The predicted octanol–water partition coefficient (Wildman–Crippen LogP) is 2.36. The summed E-state index contributed by atoms with van der Waals surface area (Å²) in [4.78, 5) is 28.3. The van der Waals surface area contributed by atoms with Crippen LogP contribution in [-0.4, -0.2) is 26.5 Å². The van der Waals surface area contributed by atoms with E-state index in [4.69, 9.17) is 0 Å². The monoisotopic (exact) mass is 322 g/mol. The number of nitrogens with zero attached hydrogens (tertiary/aromatic N) is 2. The quantitative estimate of drug-likeness (QED) is 0.777. The Morgan fingerprint density at radius 2 is 2.04 bits per heavy atom. The highest BCUT2D eigenvalue weighted by atomic mass is 16.1. The largest absolute Gasteiger partial charge is 0.349 e. The van der Waals surface area contributed by atoms with Crippen LogP contribution in [0.2, 0.25) is 0 Å². The van der Waals surface area contributed by atoms with E-state index < -0.39 is 0 Å². The van der Waals surface area contributed by atoms with Crippen LogP contribution in [0.5, 0.6) is 0 Å². The van der Waals surface area contributed by atoms with E-state index in [9.17, 15) is 9.59 Å². The number of fused-ring (bicyclic) bond motifs is 1. The van der Waals surface area contributed by atoms with E-state index in [-0.39, 0.29) is 17.5 Å². The number of carbonyl (C=O) groups excluding carboxylic acids is 1. The Morgan fingerprint density at radius 3 is 2.88 bits per heavy atom. The lowest BCUT2D eigenvalue weighted by Crippen LogP contribution is -2.32. The number of benzene rings is 1. The van der Waals surface area contributed by atoms with Crippen molar-refractivity contribution in [2.75, 3.05) is 0 Å². The maximum atomic E-state index is 12.4. The fraction of sp³-hybridized carbons (Fsp3) is 0.278. The third-order valence-corrected chi connectivity index (χ3v) is 4.51. The molecule has 122 valence electrons. The number of hydrogen-bond acceptors (Lipinski definition) is 3. The number of imidazole rings is 1. The van der Waals surface area contributed by atoms with Crippen molar-refractivity contribution in [1.82, 2.24) is 19.9 Å². The first kappa shape index (κ1) is 14.7. The number of nitrogens with one attached hydrogen (secondary N) is 2. The number of hydrogen-bond donors (Lipinski definition) is 2. The molecule has 0 spiro atoms. The molecule has 6 nitrogen and oxygen atoms in total. The Bertz CT molecular complexity index is 951. The Labute approximate surface area is 138 Å². The highest BCUT2D eigenvalue weighted by molar-refractivity contribution is 5.95. The van der Waals surface area contributed by atoms with E-state index in [1.54, 1.807) is 22.8 Å². The lowest BCUT2D eigenvalue weighted by molar-refractivity contribution is 0.0938. The Morgan fingerprint density at radius 1 is 1.21 bits per heavy atom. The summed E-state index contributed by atoms with van der Waals surface area (Å²) in [6.45, 7) is 0. The zero-order chi connectivity index (χ0) is 16.5. The second-order valence-corrected chi connectivity index (χ2v) is 6.18. The standard InChI is InChI=1S/C18H18N4O2/c23-17-9-8-16-19-11-15(22(16)21-17)12-4-3-5-13(10-12)18(24)20-14-6-1-2-7-14/h3-5,8-11,14H,1-2,6-7H2,(H,20,24)(H,21,23). The van der Waals surface area contributed by atoms with Crippen molar-refractivity contribution in [3.05, 3.63) is 58.5 Å². The molecule has 3 aromatic rings. The van der Waals surface area contributed by atoms with Crippen molar-refractivity contribution in [2.45, 2.75) is 31.7 Å². The van der Waals surface area contributed by atoms with Gasteiger partial charge in [0, 0.05) is 23.2 Å². The van der Waals surface area contributed by atoms with Gasteiger partial charge in [-0.2, -0.15) is 0 Å². The molecular weight excluding hydrogens is 304 g/mol. The van der Waals surface area contributed by atoms with Crippen LogP contribution in [0.1, 0.15) is 36.0 Å². The summed E-state index contributed by atoms with van der Waals surface area (Å²) in [5.41, 5.74) is 2.66. The summed E-state index contributed by atoms with van der Waals surface area (Å²) in [7, 11) is 0. The normalized spacial score (nSPS) is 15.0. The number of carbonyl (C=O) groups is 1. The molecular formula is C18H18N4O2. The number of amides is 1. The average molecular weight is 322 g/mol. The van der Waals surface area contributed by atoms with Crippen LogP contribution in [0.3, 0.4) is 0 Å². The first-order valence-corrected chi connectivity index (χ1v) is 8.19. The van der Waals surface area contributed by atoms with Gasteiger partial charge in [-0.25, -0.2) is 9.50 Å². The first-order chi connectivity index (χ1) is 11.7. The fourth-order valence-electron chi connectivity index (χ4n) is 3.26. The summed E-state index contributed by atoms with van der Waals surface area (Å²) in [5, 5.41) is 5.84. The summed E-state index contributed by atoms with van der Waals surface area (Å²) < 4.78 is 1.64. The van der Waals surface area contributed by atoms with E-state index in [1.165, 1.54) is 18.9 Å². The van der Waals surface area contributed by atoms with Crippen LogP contribution >= 0.6 is 0 Å². The molecule has 24 heavy (non-hydrogen) atoms. The third-order valence-electron chi connectivity index (χ3n) is 4.51. The molecule has 0 unspecified atom stereocenters. The molecule has 1 fully saturated rings. The van der Waals surface area contributed by atoms with Crippen molar-refractivity contribution in [3.8, 4) is 11.3 Å². The second kappa shape index (κ2) is 5.96. The highest BCUT2D eigenvalue weighted by Crippen LogP contribution is 2.22. The van der Waals surface area contributed by atoms with Crippen LogP contribution in [0.25, 0.3) is 16.9 Å². The minimum absolute atomic E-state index is 0.0499. The van der Waals surface area contributed by atoms with Crippen LogP contribution in [-0.2, 0) is 0 Å². The van der Waals surface area contributed by atoms with E-state index in [1.807, 2.05) is 18.2 Å². The van der Waals surface area contributed by atoms with Gasteiger partial charge in [-0.1, -0.05) is 25.0 Å². The van der Waals surface area contributed by atoms with Gasteiger partial charge in [-0.05, 0) is 31.0 Å². The zero-order valence-electron chi connectivity index (χ0n) is 13.2. The van der Waals surface area contributed by atoms with Gasteiger partial charge in [-0.15, -0.1) is 0 Å². The molecule has 1 aliphatic carbocycles. The van der Waals surface area contributed by atoms with Crippen molar-refractivity contribution < 1.29 is 4.79 Å². The molecule has 2 heterocycles. The molecule has 1 amide bonds. The van der Waals surface area contributed by atoms with Gasteiger partial charge < -0.3 is 5.32 Å². The van der Waals surface area contributed by atoms with Crippen molar-refractivity contribution in [1.29, 1.82) is 0 Å². The number of aromatic amines is 1. The Balaban J connectivity index is 1.67. The number of rotatable bonds is 3. The maximum absolute atomic E-state index is 12.4. The topological polar surface area (TPSA) is 79.3 Å². The third kappa shape index (κ3) is 2.71. The highest BCUT2D eigenvalue weighted by Gasteiger charge is 2.18. The molecule has 1 aromatic carbocycles. The Hall–Kier alpha value is -2.89. The predicted molar refractivity (Wildman–Crippen MR) is 91.0 cm³/mol. The van der Waals surface area contributed by atoms with Gasteiger partial charge >= 0.3 is 0 Å². The van der Waals surface area contributed by atoms with Crippen molar-refractivity contribution in [3.63, 3.8) is 0 Å². The molecule has 1 saturated carbocycles. The lowest BCUT2D eigenvalue weighted by Gasteiger charge is -2.12. The summed E-state index contributed by atoms with van der Waals surface area (Å²) in [6.07, 6.45) is 6.17. The van der Waals surface area contributed by atoms with Crippen molar-refractivity contribution in [2.24, 2.45) is 0 Å². The van der Waals surface area contributed by atoms with Crippen LogP contribution in [0.15, 0.2) is 47.4 Å². The number of H-pyrrole nitrogens is 1. The van der Waals surface area contributed by atoms with Gasteiger partial charge in [0.1, 0.15) is 0 Å². The summed E-state index contributed by atoms with van der Waals surface area (Å²) in [5.74, 6) is -0.0499. The van der Waals surface area contributed by atoms with E-state index in [2.05, 4.69) is 15.4 Å². The molecule has 0 bridgehead atoms. The summed E-state index contributed by atoms with van der Waals surface area (Å²) in [6, 6.07) is 10.8. The van der Waals surface area contributed by atoms with Gasteiger partial charge in [0.25, 0.3) is 11.5 Å².